The predicted octanol–water partition coefficient (Wildman–Crippen LogP) is 4.28. The van der Waals surface area contributed by atoms with E-state index in [1.165, 1.54) is 28.6 Å². The molecule has 7 heteroatoms. The zero-order valence-electron chi connectivity index (χ0n) is 17.4. The van der Waals surface area contributed by atoms with E-state index in [2.05, 4.69) is 56.1 Å². The molecule has 0 fully saturated rings. The molecular formula is C24H24N6O. The summed E-state index contributed by atoms with van der Waals surface area (Å²) in [5.74, 6) is 0.873. The van der Waals surface area contributed by atoms with Gasteiger partial charge in [-0.15, -0.1) is 0 Å². The Balaban J connectivity index is 1.51. The van der Waals surface area contributed by atoms with Crippen LogP contribution in [0.3, 0.4) is 0 Å². The van der Waals surface area contributed by atoms with Crippen molar-refractivity contribution in [1.82, 2.24) is 24.7 Å². The van der Waals surface area contributed by atoms with E-state index in [0.29, 0.717) is 11.6 Å². The molecular weight excluding hydrogens is 388 g/mol. The van der Waals surface area contributed by atoms with Crippen molar-refractivity contribution in [2.45, 2.75) is 39.2 Å². The molecule has 0 unspecified atom stereocenters. The van der Waals surface area contributed by atoms with Crippen LogP contribution in [0.2, 0.25) is 0 Å². The van der Waals surface area contributed by atoms with E-state index in [1.807, 2.05) is 12.1 Å². The molecule has 0 atom stereocenters. The summed E-state index contributed by atoms with van der Waals surface area (Å²) in [7, 11) is 0. The highest BCUT2D eigenvalue weighted by atomic mass is 16.3. The second-order valence-electron chi connectivity index (χ2n) is 7.70. The number of hydrogen-bond donors (Lipinski definition) is 2. The maximum absolute atomic E-state index is 10.3. The third-order valence-electron chi connectivity index (χ3n) is 5.75. The molecule has 7 nitrogen and oxygen atoms in total. The monoisotopic (exact) mass is 412 g/mol. The standard InChI is InChI=1S/C24H24N6O/c1-2-16-6-3-4-7-17(16)15-30-20-9-5-8-19(20)22(29-30)24-26-14-21(31)23(28-24)27-18-10-12-25-13-11-18/h3-4,6-7,10-14,31H,2,5,8-9,15H2,1H3,(H,25,26,27,28). The van der Waals surface area contributed by atoms with Crippen LogP contribution in [0, 0.1) is 0 Å². The molecule has 0 amide bonds. The number of benzene rings is 1. The Morgan fingerprint density at radius 3 is 2.68 bits per heavy atom. The number of aromatic hydroxyl groups is 1. The fraction of sp³-hybridized carbons (Fsp3) is 0.250. The number of nitrogens with zero attached hydrogens (tertiary/aromatic N) is 5. The van der Waals surface area contributed by atoms with E-state index in [0.717, 1.165) is 43.6 Å². The van der Waals surface area contributed by atoms with E-state index in [1.54, 1.807) is 12.4 Å². The lowest BCUT2D eigenvalue weighted by Crippen LogP contribution is -2.08. The van der Waals surface area contributed by atoms with Crippen molar-refractivity contribution in [1.29, 1.82) is 0 Å². The van der Waals surface area contributed by atoms with Crippen LogP contribution in [-0.2, 0) is 25.8 Å². The lowest BCUT2D eigenvalue weighted by Gasteiger charge is -2.10. The summed E-state index contributed by atoms with van der Waals surface area (Å²) < 4.78 is 2.11. The first-order chi connectivity index (χ1) is 15.2. The molecule has 31 heavy (non-hydrogen) atoms. The second-order valence-corrected chi connectivity index (χ2v) is 7.70. The first-order valence-corrected chi connectivity index (χ1v) is 10.6. The molecule has 4 aromatic rings. The normalized spacial score (nSPS) is 12.7. The van der Waals surface area contributed by atoms with Gasteiger partial charge in [-0.25, -0.2) is 9.97 Å². The average Bonchev–Trinajstić information content (AvgIpc) is 3.40. The molecule has 156 valence electrons. The maximum Gasteiger partial charge on any atom is 0.182 e. The number of aromatic nitrogens is 5. The molecule has 0 radical (unpaired) electrons. The Hall–Kier alpha value is -3.74. The van der Waals surface area contributed by atoms with Gasteiger partial charge in [0.15, 0.2) is 17.4 Å². The van der Waals surface area contributed by atoms with Crippen LogP contribution in [0.1, 0.15) is 35.7 Å². The summed E-state index contributed by atoms with van der Waals surface area (Å²) in [6.45, 7) is 2.92. The molecule has 3 heterocycles. The average molecular weight is 412 g/mol. The first-order valence-electron chi connectivity index (χ1n) is 10.6. The van der Waals surface area contributed by atoms with Gasteiger partial charge in [0.2, 0.25) is 0 Å². The van der Waals surface area contributed by atoms with Crippen molar-refractivity contribution in [3.63, 3.8) is 0 Å². The van der Waals surface area contributed by atoms with Crippen molar-refractivity contribution in [3.05, 3.63) is 77.4 Å². The fourth-order valence-corrected chi connectivity index (χ4v) is 4.19. The van der Waals surface area contributed by atoms with Gasteiger partial charge in [0, 0.05) is 29.3 Å². The van der Waals surface area contributed by atoms with E-state index >= 15 is 0 Å². The molecule has 2 N–H and O–H groups in total. The third-order valence-corrected chi connectivity index (χ3v) is 5.75. The molecule has 1 aromatic carbocycles. The molecule has 3 aromatic heterocycles. The minimum Gasteiger partial charge on any atom is -0.503 e. The molecule has 0 saturated heterocycles. The van der Waals surface area contributed by atoms with Gasteiger partial charge in [-0.3, -0.25) is 9.67 Å². The predicted molar refractivity (Wildman–Crippen MR) is 119 cm³/mol. The van der Waals surface area contributed by atoms with Gasteiger partial charge in [0.05, 0.1) is 12.7 Å². The van der Waals surface area contributed by atoms with Gasteiger partial charge in [-0.2, -0.15) is 5.10 Å². The van der Waals surface area contributed by atoms with Gasteiger partial charge in [0.1, 0.15) is 5.69 Å². The highest BCUT2D eigenvalue weighted by molar-refractivity contribution is 5.65. The molecule has 0 spiro atoms. The van der Waals surface area contributed by atoms with Crippen LogP contribution in [0.4, 0.5) is 11.5 Å². The van der Waals surface area contributed by atoms with Gasteiger partial charge in [-0.1, -0.05) is 31.2 Å². The molecule has 5 rings (SSSR count). The van der Waals surface area contributed by atoms with Gasteiger partial charge >= 0.3 is 0 Å². The number of fused-ring (bicyclic) bond motifs is 1. The molecule has 0 saturated carbocycles. The largest absolute Gasteiger partial charge is 0.503 e. The number of anilines is 2. The Morgan fingerprint density at radius 1 is 1.06 bits per heavy atom. The summed E-state index contributed by atoms with van der Waals surface area (Å²) >= 11 is 0. The summed E-state index contributed by atoms with van der Waals surface area (Å²) in [4.78, 5) is 13.0. The fourth-order valence-electron chi connectivity index (χ4n) is 4.19. The first kappa shape index (κ1) is 19.2. The number of hydrogen-bond acceptors (Lipinski definition) is 6. The molecule has 0 bridgehead atoms. The number of aryl methyl sites for hydroxylation is 1. The number of nitrogens with one attached hydrogen (secondary N) is 1. The minimum atomic E-state index is -0.00601. The SMILES string of the molecule is CCc1ccccc1Cn1nc(-c2ncc(O)c(Nc3ccncc3)n2)c2c1CCC2. The zero-order chi connectivity index (χ0) is 21.2. The number of rotatable bonds is 6. The maximum atomic E-state index is 10.3. The summed E-state index contributed by atoms with van der Waals surface area (Å²) in [5.41, 5.74) is 6.72. The van der Waals surface area contributed by atoms with Crippen LogP contribution < -0.4 is 5.32 Å². The lowest BCUT2D eigenvalue weighted by atomic mass is 10.1. The van der Waals surface area contributed by atoms with Crippen molar-refractivity contribution >= 4 is 11.5 Å². The summed E-state index contributed by atoms with van der Waals surface area (Å²) in [6.07, 6.45) is 8.88. The summed E-state index contributed by atoms with van der Waals surface area (Å²) in [5, 5.41) is 18.3. The van der Waals surface area contributed by atoms with Gasteiger partial charge in [0.25, 0.3) is 0 Å². The molecule has 0 aliphatic heterocycles. The zero-order valence-corrected chi connectivity index (χ0v) is 17.4. The smallest absolute Gasteiger partial charge is 0.182 e. The summed E-state index contributed by atoms with van der Waals surface area (Å²) in [6, 6.07) is 12.2. The van der Waals surface area contributed by atoms with Crippen molar-refractivity contribution in [2.75, 3.05) is 5.32 Å². The van der Waals surface area contributed by atoms with E-state index in [4.69, 9.17) is 5.10 Å². The lowest BCUT2D eigenvalue weighted by molar-refractivity contribution is 0.472. The molecule has 1 aliphatic carbocycles. The van der Waals surface area contributed by atoms with Crippen LogP contribution >= 0.6 is 0 Å². The van der Waals surface area contributed by atoms with Crippen LogP contribution in [0.25, 0.3) is 11.5 Å². The van der Waals surface area contributed by atoms with Crippen LogP contribution in [0.15, 0.2) is 55.0 Å². The van der Waals surface area contributed by atoms with E-state index in [9.17, 15) is 5.11 Å². The van der Waals surface area contributed by atoms with Gasteiger partial charge < -0.3 is 10.4 Å². The van der Waals surface area contributed by atoms with E-state index < -0.39 is 0 Å². The Bertz CT molecular complexity index is 1220. The Labute approximate surface area is 180 Å². The second kappa shape index (κ2) is 8.18. The Morgan fingerprint density at radius 2 is 1.87 bits per heavy atom. The highest BCUT2D eigenvalue weighted by Crippen LogP contribution is 2.33. The van der Waals surface area contributed by atoms with Crippen LogP contribution in [-0.4, -0.2) is 29.8 Å². The quantitative estimate of drug-likeness (QED) is 0.491. The topological polar surface area (TPSA) is 88.8 Å². The number of pyridine rings is 1. The Kier molecular flexibility index (Phi) is 5.08. The van der Waals surface area contributed by atoms with Gasteiger partial charge in [-0.05, 0) is 48.9 Å². The minimum absolute atomic E-state index is 0.00601. The molecule has 1 aliphatic rings. The third kappa shape index (κ3) is 3.74. The van der Waals surface area contributed by atoms with Crippen molar-refractivity contribution in [3.8, 4) is 17.3 Å². The van der Waals surface area contributed by atoms with E-state index in [-0.39, 0.29) is 5.75 Å². The highest BCUT2D eigenvalue weighted by Gasteiger charge is 2.25. The van der Waals surface area contributed by atoms with Crippen molar-refractivity contribution in [2.24, 2.45) is 0 Å². The van der Waals surface area contributed by atoms with Crippen LogP contribution in [0.5, 0.6) is 5.75 Å². The van der Waals surface area contributed by atoms with Crippen molar-refractivity contribution < 1.29 is 5.11 Å².